The fourth-order valence-corrected chi connectivity index (χ4v) is 2.81. The molecule has 3 nitrogen and oxygen atoms in total. The SMILES string of the molecule is CCC[C@H](CNCc1ccc(OC)cc1)[C@H](O)c1ccccc1. The van der Waals surface area contributed by atoms with Gasteiger partial charge in [-0.15, -0.1) is 0 Å². The maximum Gasteiger partial charge on any atom is 0.118 e. The van der Waals surface area contributed by atoms with Gasteiger partial charge in [-0.2, -0.15) is 0 Å². The number of hydrogen-bond donors (Lipinski definition) is 2. The van der Waals surface area contributed by atoms with Crippen molar-refractivity contribution >= 4 is 0 Å². The maximum atomic E-state index is 10.6. The third-order valence-corrected chi connectivity index (χ3v) is 4.14. The fourth-order valence-electron chi connectivity index (χ4n) is 2.81. The van der Waals surface area contributed by atoms with E-state index in [0.29, 0.717) is 0 Å². The monoisotopic (exact) mass is 313 g/mol. The summed E-state index contributed by atoms with van der Waals surface area (Å²) in [5.41, 5.74) is 2.22. The molecule has 0 saturated carbocycles. The summed E-state index contributed by atoms with van der Waals surface area (Å²) in [6.07, 6.45) is 1.66. The third kappa shape index (κ3) is 5.38. The zero-order chi connectivity index (χ0) is 16.5. The quantitative estimate of drug-likeness (QED) is 0.737. The molecule has 2 rings (SSSR count). The van der Waals surface area contributed by atoms with Crippen LogP contribution in [0.15, 0.2) is 54.6 Å². The van der Waals surface area contributed by atoms with Crippen molar-refractivity contribution in [3.63, 3.8) is 0 Å². The van der Waals surface area contributed by atoms with Crippen LogP contribution in [0.5, 0.6) is 5.75 Å². The van der Waals surface area contributed by atoms with Crippen LogP contribution in [0, 0.1) is 5.92 Å². The summed E-state index contributed by atoms with van der Waals surface area (Å²) in [6.45, 7) is 3.76. The maximum absolute atomic E-state index is 10.6. The lowest BCUT2D eigenvalue weighted by Gasteiger charge is -2.23. The van der Waals surface area contributed by atoms with Gasteiger partial charge in [-0.05, 0) is 29.7 Å². The molecule has 23 heavy (non-hydrogen) atoms. The van der Waals surface area contributed by atoms with Gasteiger partial charge in [-0.3, -0.25) is 0 Å². The largest absolute Gasteiger partial charge is 0.497 e. The summed E-state index contributed by atoms with van der Waals surface area (Å²) in [5.74, 6) is 1.10. The highest BCUT2D eigenvalue weighted by Crippen LogP contribution is 2.25. The lowest BCUT2D eigenvalue weighted by molar-refractivity contribution is 0.101. The first-order valence-corrected chi connectivity index (χ1v) is 8.31. The van der Waals surface area contributed by atoms with Gasteiger partial charge in [0.15, 0.2) is 0 Å². The molecule has 0 aliphatic rings. The summed E-state index contributed by atoms with van der Waals surface area (Å²) < 4.78 is 5.17. The van der Waals surface area contributed by atoms with Gasteiger partial charge in [0.25, 0.3) is 0 Å². The van der Waals surface area contributed by atoms with Crippen LogP contribution in [-0.2, 0) is 6.54 Å². The minimum atomic E-state index is -0.417. The van der Waals surface area contributed by atoms with E-state index in [9.17, 15) is 5.11 Å². The van der Waals surface area contributed by atoms with E-state index in [2.05, 4.69) is 24.4 Å². The first-order chi connectivity index (χ1) is 11.2. The Kier molecular flexibility index (Phi) is 7.11. The summed E-state index contributed by atoms with van der Waals surface area (Å²) in [7, 11) is 1.67. The second kappa shape index (κ2) is 9.33. The van der Waals surface area contributed by atoms with Crippen molar-refractivity contribution in [1.29, 1.82) is 0 Å². The molecule has 3 heteroatoms. The second-order valence-electron chi connectivity index (χ2n) is 5.88. The van der Waals surface area contributed by atoms with Crippen LogP contribution in [0.3, 0.4) is 0 Å². The number of methoxy groups -OCH3 is 1. The molecule has 0 unspecified atom stereocenters. The molecule has 2 atom stereocenters. The topological polar surface area (TPSA) is 41.5 Å². The van der Waals surface area contributed by atoms with Crippen LogP contribution < -0.4 is 10.1 Å². The first kappa shape index (κ1) is 17.5. The van der Waals surface area contributed by atoms with Gasteiger partial charge in [0.1, 0.15) is 5.75 Å². The minimum Gasteiger partial charge on any atom is -0.497 e. The Labute approximate surface area is 139 Å². The van der Waals surface area contributed by atoms with Crippen molar-refractivity contribution in [1.82, 2.24) is 5.32 Å². The molecule has 0 amide bonds. The smallest absolute Gasteiger partial charge is 0.118 e. The van der Waals surface area contributed by atoms with Crippen molar-refractivity contribution in [2.45, 2.75) is 32.4 Å². The fraction of sp³-hybridized carbons (Fsp3) is 0.400. The highest BCUT2D eigenvalue weighted by Gasteiger charge is 2.19. The number of hydrogen-bond acceptors (Lipinski definition) is 3. The molecule has 0 aliphatic carbocycles. The summed E-state index contributed by atoms with van der Waals surface area (Å²) in [5, 5.41) is 14.1. The minimum absolute atomic E-state index is 0.223. The lowest BCUT2D eigenvalue weighted by Crippen LogP contribution is -2.27. The predicted molar refractivity (Wildman–Crippen MR) is 94.5 cm³/mol. The van der Waals surface area contributed by atoms with Gasteiger partial charge < -0.3 is 15.2 Å². The van der Waals surface area contributed by atoms with Crippen molar-refractivity contribution in [2.24, 2.45) is 5.92 Å². The zero-order valence-corrected chi connectivity index (χ0v) is 14.0. The Morgan fingerprint density at radius 3 is 2.35 bits per heavy atom. The summed E-state index contributed by atoms with van der Waals surface area (Å²) >= 11 is 0. The Hall–Kier alpha value is -1.84. The van der Waals surface area contributed by atoms with Gasteiger partial charge in [0, 0.05) is 19.0 Å². The Bertz CT molecular complexity index is 554. The normalized spacial score (nSPS) is 13.5. The summed E-state index contributed by atoms with van der Waals surface area (Å²) in [4.78, 5) is 0. The van der Waals surface area contributed by atoms with Gasteiger partial charge >= 0.3 is 0 Å². The molecular formula is C20H27NO2. The molecule has 0 saturated heterocycles. The lowest BCUT2D eigenvalue weighted by atomic mass is 9.91. The molecule has 0 heterocycles. The van der Waals surface area contributed by atoms with Gasteiger partial charge in [0.2, 0.25) is 0 Å². The van der Waals surface area contributed by atoms with Crippen LogP contribution >= 0.6 is 0 Å². The number of benzene rings is 2. The van der Waals surface area contributed by atoms with Crippen molar-refractivity contribution < 1.29 is 9.84 Å². The average Bonchev–Trinajstić information content (AvgIpc) is 2.61. The van der Waals surface area contributed by atoms with Crippen LogP contribution in [0.4, 0.5) is 0 Å². The average molecular weight is 313 g/mol. The molecule has 2 N–H and O–H groups in total. The molecule has 0 aromatic heterocycles. The van der Waals surface area contributed by atoms with Crippen LogP contribution in [0.25, 0.3) is 0 Å². The molecule has 0 bridgehead atoms. The zero-order valence-electron chi connectivity index (χ0n) is 14.0. The van der Waals surface area contributed by atoms with Crippen molar-refractivity contribution in [2.75, 3.05) is 13.7 Å². The molecule has 2 aromatic carbocycles. The van der Waals surface area contributed by atoms with Crippen LogP contribution in [0.1, 0.15) is 37.0 Å². The van der Waals surface area contributed by atoms with Gasteiger partial charge in [-0.1, -0.05) is 55.8 Å². The van der Waals surface area contributed by atoms with Crippen LogP contribution in [-0.4, -0.2) is 18.8 Å². The third-order valence-electron chi connectivity index (χ3n) is 4.14. The van der Waals surface area contributed by atoms with E-state index in [1.165, 1.54) is 5.56 Å². The van der Waals surface area contributed by atoms with E-state index in [4.69, 9.17) is 4.74 Å². The number of aliphatic hydroxyl groups excluding tert-OH is 1. The van der Waals surface area contributed by atoms with E-state index < -0.39 is 6.10 Å². The number of rotatable bonds is 9. The molecular weight excluding hydrogens is 286 g/mol. The predicted octanol–water partition coefficient (Wildman–Crippen LogP) is 3.93. The number of aliphatic hydroxyl groups is 1. The van der Waals surface area contributed by atoms with Gasteiger partial charge in [0.05, 0.1) is 13.2 Å². The summed E-state index contributed by atoms with van der Waals surface area (Å²) in [6, 6.07) is 18.0. The van der Waals surface area contributed by atoms with Crippen molar-refractivity contribution in [3.05, 3.63) is 65.7 Å². The Balaban J connectivity index is 1.88. The standard InChI is InChI=1S/C20H27NO2/c1-3-7-18(20(22)17-8-5-4-6-9-17)15-21-14-16-10-12-19(23-2)13-11-16/h4-6,8-13,18,20-22H,3,7,14-15H2,1-2H3/t18-,20-/m1/s1. The molecule has 0 spiro atoms. The van der Waals surface area contributed by atoms with Gasteiger partial charge in [-0.25, -0.2) is 0 Å². The first-order valence-electron chi connectivity index (χ1n) is 8.31. The Morgan fingerprint density at radius 1 is 1.04 bits per heavy atom. The molecule has 0 aliphatic heterocycles. The molecule has 2 aromatic rings. The number of nitrogens with one attached hydrogen (secondary N) is 1. The van der Waals surface area contributed by atoms with E-state index >= 15 is 0 Å². The highest BCUT2D eigenvalue weighted by molar-refractivity contribution is 5.27. The van der Waals surface area contributed by atoms with E-state index in [0.717, 1.165) is 37.2 Å². The number of ether oxygens (including phenoxy) is 1. The van der Waals surface area contributed by atoms with E-state index in [1.54, 1.807) is 7.11 Å². The molecule has 124 valence electrons. The molecule has 0 fully saturated rings. The highest BCUT2D eigenvalue weighted by atomic mass is 16.5. The second-order valence-corrected chi connectivity index (χ2v) is 5.88. The molecule has 0 radical (unpaired) electrons. The van der Waals surface area contributed by atoms with E-state index in [1.807, 2.05) is 42.5 Å². The van der Waals surface area contributed by atoms with Crippen LogP contribution in [0.2, 0.25) is 0 Å². The van der Waals surface area contributed by atoms with E-state index in [-0.39, 0.29) is 5.92 Å². The van der Waals surface area contributed by atoms with Crippen molar-refractivity contribution in [3.8, 4) is 5.75 Å². The Morgan fingerprint density at radius 2 is 1.74 bits per heavy atom.